The molecule has 6 nitrogen and oxygen atoms in total. The summed E-state index contributed by atoms with van der Waals surface area (Å²) in [4.78, 5) is 21.7. The number of rotatable bonds is 4. The van der Waals surface area contributed by atoms with Gasteiger partial charge in [-0.15, -0.1) is 0 Å². The lowest BCUT2D eigenvalue weighted by atomic mass is 10.1. The third-order valence-electron chi connectivity index (χ3n) is 4.86. The van der Waals surface area contributed by atoms with Gasteiger partial charge in [-0.3, -0.25) is 4.79 Å². The van der Waals surface area contributed by atoms with Crippen molar-refractivity contribution in [2.45, 2.75) is 13.3 Å². The van der Waals surface area contributed by atoms with Crippen molar-refractivity contribution in [1.82, 2.24) is 9.88 Å². The average Bonchev–Trinajstić information content (AvgIpc) is 2.97. The molecule has 2 aromatic carbocycles. The highest BCUT2D eigenvalue weighted by Crippen LogP contribution is 2.23. The van der Waals surface area contributed by atoms with E-state index in [0.717, 1.165) is 48.4 Å². The van der Waals surface area contributed by atoms with Gasteiger partial charge < -0.3 is 19.5 Å². The molecule has 1 fully saturated rings. The van der Waals surface area contributed by atoms with Gasteiger partial charge in [0.2, 0.25) is 0 Å². The monoisotopic (exact) mass is 364 g/mol. The lowest BCUT2D eigenvalue weighted by molar-refractivity contribution is 0.0768. The Bertz CT molecular complexity index is 904. The quantitative estimate of drug-likeness (QED) is 0.766. The molecule has 0 radical (unpaired) electrons. The second-order valence-electron chi connectivity index (χ2n) is 6.67. The summed E-state index contributed by atoms with van der Waals surface area (Å²) in [5, 5.41) is 3.28. The van der Waals surface area contributed by atoms with E-state index in [-0.39, 0.29) is 5.91 Å². The second kappa shape index (κ2) is 7.70. The van der Waals surface area contributed by atoms with Crippen LogP contribution in [0.3, 0.4) is 0 Å². The van der Waals surface area contributed by atoms with Crippen LogP contribution in [-0.4, -0.2) is 48.5 Å². The van der Waals surface area contributed by atoms with E-state index < -0.39 is 0 Å². The van der Waals surface area contributed by atoms with Gasteiger partial charge in [-0.2, -0.15) is 4.98 Å². The highest BCUT2D eigenvalue weighted by Gasteiger charge is 2.24. The number of fused-ring (bicyclic) bond motifs is 1. The number of carbonyl (C=O) groups excluding carboxylic acids is 1. The van der Waals surface area contributed by atoms with E-state index in [1.807, 2.05) is 60.4 Å². The number of aromatic nitrogens is 1. The summed E-state index contributed by atoms with van der Waals surface area (Å²) in [6.45, 7) is 5.74. The molecule has 0 spiro atoms. The predicted molar refractivity (Wildman–Crippen MR) is 107 cm³/mol. The number of nitrogens with one attached hydrogen (secondary N) is 1. The SMILES string of the molecule is CCNc1ccccc1C(=O)N1CCCN(c2nc3ccccc3o2)CC1. The maximum atomic E-state index is 13.1. The van der Waals surface area contributed by atoms with Gasteiger partial charge in [0.15, 0.2) is 5.58 Å². The Hall–Kier alpha value is -3.02. The molecule has 2 heterocycles. The first kappa shape index (κ1) is 17.4. The van der Waals surface area contributed by atoms with Crippen molar-refractivity contribution in [1.29, 1.82) is 0 Å². The molecular formula is C21H24N4O2. The third kappa shape index (κ3) is 3.60. The van der Waals surface area contributed by atoms with Crippen molar-refractivity contribution >= 4 is 28.7 Å². The number of anilines is 2. The molecule has 1 aliphatic rings. The zero-order valence-corrected chi connectivity index (χ0v) is 15.5. The number of nitrogens with zero attached hydrogens (tertiary/aromatic N) is 3. The molecule has 6 heteroatoms. The summed E-state index contributed by atoms with van der Waals surface area (Å²) < 4.78 is 5.90. The number of carbonyl (C=O) groups is 1. The number of hydrogen-bond donors (Lipinski definition) is 1. The molecule has 0 unspecified atom stereocenters. The van der Waals surface area contributed by atoms with Gasteiger partial charge in [0.1, 0.15) is 5.52 Å². The summed E-state index contributed by atoms with van der Waals surface area (Å²) in [5.41, 5.74) is 3.29. The Kier molecular flexibility index (Phi) is 4.96. The number of oxazole rings is 1. The minimum absolute atomic E-state index is 0.0750. The zero-order valence-electron chi connectivity index (χ0n) is 15.5. The van der Waals surface area contributed by atoms with E-state index in [1.165, 1.54) is 0 Å². The third-order valence-corrected chi connectivity index (χ3v) is 4.86. The van der Waals surface area contributed by atoms with E-state index in [0.29, 0.717) is 19.1 Å². The smallest absolute Gasteiger partial charge is 0.298 e. The second-order valence-corrected chi connectivity index (χ2v) is 6.67. The largest absolute Gasteiger partial charge is 0.423 e. The van der Waals surface area contributed by atoms with E-state index in [2.05, 4.69) is 15.2 Å². The Labute approximate surface area is 158 Å². The Balaban J connectivity index is 1.49. The fourth-order valence-electron chi connectivity index (χ4n) is 3.49. The lowest BCUT2D eigenvalue weighted by Crippen LogP contribution is -2.35. The van der Waals surface area contributed by atoms with Gasteiger partial charge in [0.25, 0.3) is 11.9 Å². The number of hydrogen-bond acceptors (Lipinski definition) is 5. The molecule has 3 aromatic rings. The Morgan fingerprint density at radius 3 is 2.74 bits per heavy atom. The Morgan fingerprint density at radius 1 is 1.07 bits per heavy atom. The van der Waals surface area contributed by atoms with Crippen LogP contribution >= 0.6 is 0 Å². The van der Waals surface area contributed by atoms with Gasteiger partial charge in [-0.1, -0.05) is 24.3 Å². The highest BCUT2D eigenvalue weighted by atomic mass is 16.4. The molecule has 0 aliphatic carbocycles. The van der Waals surface area contributed by atoms with Crippen molar-refractivity contribution < 1.29 is 9.21 Å². The summed E-state index contributed by atoms with van der Waals surface area (Å²) >= 11 is 0. The molecule has 0 saturated carbocycles. The zero-order chi connectivity index (χ0) is 18.6. The van der Waals surface area contributed by atoms with Crippen LogP contribution in [-0.2, 0) is 0 Å². The fraction of sp³-hybridized carbons (Fsp3) is 0.333. The van der Waals surface area contributed by atoms with Gasteiger partial charge >= 0.3 is 0 Å². The topological polar surface area (TPSA) is 61.6 Å². The van der Waals surface area contributed by atoms with E-state index in [4.69, 9.17) is 4.42 Å². The molecule has 27 heavy (non-hydrogen) atoms. The van der Waals surface area contributed by atoms with Crippen molar-refractivity contribution in [2.24, 2.45) is 0 Å². The molecule has 1 N–H and O–H groups in total. The van der Waals surface area contributed by atoms with E-state index >= 15 is 0 Å². The summed E-state index contributed by atoms with van der Waals surface area (Å²) in [5.74, 6) is 0.0750. The molecule has 0 atom stereocenters. The summed E-state index contributed by atoms with van der Waals surface area (Å²) in [6, 6.07) is 16.1. The standard InChI is InChI=1S/C21H24N4O2/c1-2-22-17-9-4-3-8-16(17)20(26)24-12-7-13-25(15-14-24)21-23-18-10-5-6-11-19(18)27-21/h3-6,8-11,22H,2,7,12-15H2,1H3. The number of para-hydroxylation sites is 3. The number of amides is 1. The first-order chi connectivity index (χ1) is 13.3. The summed E-state index contributed by atoms with van der Waals surface area (Å²) in [7, 11) is 0. The average molecular weight is 364 g/mol. The van der Waals surface area contributed by atoms with Crippen molar-refractivity contribution in [3.63, 3.8) is 0 Å². The molecule has 0 bridgehead atoms. The van der Waals surface area contributed by atoms with Crippen LogP contribution in [0.15, 0.2) is 52.9 Å². The number of benzene rings is 2. The molecule has 4 rings (SSSR count). The molecule has 1 aliphatic heterocycles. The van der Waals surface area contributed by atoms with Crippen LogP contribution in [0.4, 0.5) is 11.7 Å². The first-order valence-corrected chi connectivity index (χ1v) is 9.49. The maximum Gasteiger partial charge on any atom is 0.298 e. The van der Waals surface area contributed by atoms with Gasteiger partial charge in [0, 0.05) is 38.4 Å². The van der Waals surface area contributed by atoms with Crippen molar-refractivity contribution in [3.8, 4) is 0 Å². The van der Waals surface area contributed by atoms with Crippen LogP contribution < -0.4 is 10.2 Å². The fourth-order valence-corrected chi connectivity index (χ4v) is 3.49. The van der Waals surface area contributed by atoms with Crippen LogP contribution in [0.1, 0.15) is 23.7 Å². The minimum Gasteiger partial charge on any atom is -0.423 e. The summed E-state index contributed by atoms with van der Waals surface area (Å²) in [6.07, 6.45) is 0.883. The molecular weight excluding hydrogens is 340 g/mol. The molecule has 1 saturated heterocycles. The van der Waals surface area contributed by atoms with Gasteiger partial charge in [-0.25, -0.2) is 0 Å². The Morgan fingerprint density at radius 2 is 1.89 bits per heavy atom. The van der Waals surface area contributed by atoms with Crippen LogP contribution in [0, 0.1) is 0 Å². The predicted octanol–water partition coefficient (Wildman–Crippen LogP) is 3.61. The normalized spacial score (nSPS) is 15.0. The van der Waals surface area contributed by atoms with Crippen LogP contribution in [0.5, 0.6) is 0 Å². The van der Waals surface area contributed by atoms with E-state index in [1.54, 1.807) is 0 Å². The molecule has 1 aromatic heterocycles. The van der Waals surface area contributed by atoms with Crippen LogP contribution in [0.2, 0.25) is 0 Å². The van der Waals surface area contributed by atoms with Gasteiger partial charge in [0.05, 0.1) is 5.56 Å². The highest BCUT2D eigenvalue weighted by molar-refractivity contribution is 5.99. The van der Waals surface area contributed by atoms with Gasteiger partial charge in [-0.05, 0) is 37.6 Å². The molecule has 1 amide bonds. The minimum atomic E-state index is 0.0750. The van der Waals surface area contributed by atoms with Crippen molar-refractivity contribution in [3.05, 3.63) is 54.1 Å². The first-order valence-electron chi connectivity index (χ1n) is 9.49. The van der Waals surface area contributed by atoms with Crippen LogP contribution in [0.25, 0.3) is 11.1 Å². The maximum absolute atomic E-state index is 13.1. The lowest BCUT2D eigenvalue weighted by Gasteiger charge is -2.22. The van der Waals surface area contributed by atoms with E-state index in [9.17, 15) is 4.79 Å². The van der Waals surface area contributed by atoms with Crippen molar-refractivity contribution in [2.75, 3.05) is 42.9 Å². The molecule has 140 valence electrons.